The van der Waals surface area contributed by atoms with Gasteiger partial charge in [-0.15, -0.1) is 0 Å². The Morgan fingerprint density at radius 3 is 2.04 bits per heavy atom. The van der Waals surface area contributed by atoms with Crippen LogP contribution in [0.1, 0.15) is 58.3 Å². The Bertz CT molecular complexity index is 524. The Labute approximate surface area is 157 Å². The van der Waals surface area contributed by atoms with Gasteiger partial charge in [-0.3, -0.25) is 4.79 Å². The van der Waals surface area contributed by atoms with E-state index in [1.165, 1.54) is 18.6 Å². The number of aliphatic hydroxyl groups excluding tert-OH is 1. The van der Waals surface area contributed by atoms with E-state index in [-0.39, 0.29) is 11.9 Å². The third-order valence-corrected chi connectivity index (χ3v) is 3.72. The molecule has 0 rings (SSSR count). The lowest BCUT2D eigenvalue weighted by atomic mass is 10.1. The van der Waals surface area contributed by atoms with Crippen LogP contribution in [-0.4, -0.2) is 28.1 Å². The first-order chi connectivity index (χ1) is 12.6. The van der Waals surface area contributed by atoms with Gasteiger partial charge in [0, 0.05) is 6.08 Å². The first-order valence-electron chi connectivity index (χ1n) is 9.35. The van der Waals surface area contributed by atoms with E-state index in [0.717, 1.165) is 51.0 Å². The molecule has 144 valence electrons. The lowest BCUT2D eigenvalue weighted by Gasteiger charge is -2.06. The fraction of sp³-hybridized carbons (Fsp3) is 0.455. The van der Waals surface area contributed by atoms with Gasteiger partial charge < -0.3 is 10.2 Å². The summed E-state index contributed by atoms with van der Waals surface area (Å²) in [5.74, 6) is -1.03. The van der Waals surface area contributed by atoms with Crippen molar-refractivity contribution < 1.29 is 19.8 Å². The number of aliphatic carboxylic acids is 1. The number of unbranched alkanes of at least 4 members (excludes halogenated alkanes) is 5. The largest absolute Gasteiger partial charge is 0.478 e. The lowest BCUT2D eigenvalue weighted by molar-refractivity contribution is -0.131. The highest BCUT2D eigenvalue weighted by molar-refractivity contribution is 5.99. The standard InChI is InChI=1S/C22H32O4/c1-2-20(23)16-12-8-4-3-5-9-13-17-21(24)18-14-10-6-7-11-15-19-22(25)26/h6-7,10-11,13-15,17-20,23H,2-5,8-9,12,16H2,1H3,(H,25,26). The van der Waals surface area contributed by atoms with Crippen LogP contribution >= 0.6 is 0 Å². The zero-order chi connectivity index (χ0) is 19.5. The second-order valence-corrected chi connectivity index (χ2v) is 6.04. The maximum atomic E-state index is 11.6. The van der Waals surface area contributed by atoms with Crippen molar-refractivity contribution in [3.63, 3.8) is 0 Å². The molecule has 0 aliphatic rings. The van der Waals surface area contributed by atoms with Gasteiger partial charge in [0.05, 0.1) is 6.10 Å². The Morgan fingerprint density at radius 2 is 1.38 bits per heavy atom. The number of rotatable bonds is 15. The van der Waals surface area contributed by atoms with Crippen LogP contribution in [0.4, 0.5) is 0 Å². The van der Waals surface area contributed by atoms with E-state index in [4.69, 9.17) is 5.11 Å². The molecule has 0 amide bonds. The number of carboxylic acids is 1. The zero-order valence-electron chi connectivity index (χ0n) is 15.7. The molecule has 4 nitrogen and oxygen atoms in total. The first kappa shape index (κ1) is 23.8. The molecule has 0 fully saturated rings. The maximum absolute atomic E-state index is 11.6. The Morgan fingerprint density at radius 1 is 0.808 bits per heavy atom. The quantitative estimate of drug-likeness (QED) is 0.247. The van der Waals surface area contributed by atoms with Crippen LogP contribution in [0, 0.1) is 0 Å². The monoisotopic (exact) mass is 360 g/mol. The van der Waals surface area contributed by atoms with E-state index in [1.54, 1.807) is 36.5 Å². The molecule has 0 spiro atoms. The van der Waals surface area contributed by atoms with Gasteiger partial charge in [-0.2, -0.15) is 0 Å². The Hall–Kier alpha value is -2.20. The molecule has 1 atom stereocenters. The Balaban J connectivity index is 3.69. The van der Waals surface area contributed by atoms with Crippen molar-refractivity contribution in [1.82, 2.24) is 0 Å². The van der Waals surface area contributed by atoms with E-state index in [9.17, 15) is 14.7 Å². The van der Waals surface area contributed by atoms with Crippen molar-refractivity contribution >= 4 is 11.8 Å². The molecule has 1 unspecified atom stereocenters. The fourth-order valence-electron chi connectivity index (χ4n) is 2.18. The smallest absolute Gasteiger partial charge is 0.328 e. The second kappa shape index (κ2) is 17.6. The van der Waals surface area contributed by atoms with E-state index in [0.29, 0.717) is 0 Å². The number of carbonyl (C=O) groups excluding carboxylic acids is 1. The highest BCUT2D eigenvalue weighted by Crippen LogP contribution is 2.10. The zero-order valence-corrected chi connectivity index (χ0v) is 15.7. The molecule has 0 bridgehead atoms. The predicted molar refractivity (Wildman–Crippen MR) is 107 cm³/mol. The van der Waals surface area contributed by atoms with Gasteiger partial charge in [-0.05, 0) is 37.8 Å². The molecule has 2 N–H and O–H groups in total. The number of aliphatic hydroxyl groups is 1. The Kier molecular flexibility index (Phi) is 16.1. The highest BCUT2D eigenvalue weighted by Gasteiger charge is 1.99. The number of hydrogen-bond donors (Lipinski definition) is 2. The molecule has 0 aromatic rings. The number of ketones is 1. The third kappa shape index (κ3) is 18.1. The topological polar surface area (TPSA) is 74.6 Å². The molecule has 0 aliphatic carbocycles. The summed E-state index contributed by atoms with van der Waals surface area (Å²) in [6, 6.07) is 0. The fourth-order valence-corrected chi connectivity index (χ4v) is 2.18. The molecule has 26 heavy (non-hydrogen) atoms. The number of carbonyl (C=O) groups is 2. The number of hydrogen-bond acceptors (Lipinski definition) is 3. The second-order valence-electron chi connectivity index (χ2n) is 6.04. The van der Waals surface area contributed by atoms with Crippen LogP contribution in [0.5, 0.6) is 0 Å². The number of carboxylic acid groups (broad SMARTS) is 1. The normalized spacial score (nSPS) is 13.8. The van der Waals surface area contributed by atoms with Crippen molar-refractivity contribution in [2.24, 2.45) is 0 Å². The maximum Gasteiger partial charge on any atom is 0.328 e. The molecule has 0 heterocycles. The van der Waals surface area contributed by atoms with Gasteiger partial charge in [-0.1, -0.05) is 75.1 Å². The predicted octanol–water partition coefficient (Wildman–Crippen LogP) is 4.92. The summed E-state index contributed by atoms with van der Waals surface area (Å²) < 4.78 is 0. The molecular formula is C22H32O4. The summed E-state index contributed by atoms with van der Waals surface area (Å²) >= 11 is 0. The summed E-state index contributed by atoms with van der Waals surface area (Å²) in [4.78, 5) is 21.8. The molecule has 0 aromatic heterocycles. The lowest BCUT2D eigenvalue weighted by Crippen LogP contribution is -2.03. The molecule has 0 radical (unpaired) electrons. The summed E-state index contributed by atoms with van der Waals surface area (Å²) in [5, 5.41) is 17.8. The van der Waals surface area contributed by atoms with E-state index < -0.39 is 5.97 Å². The average Bonchev–Trinajstić information content (AvgIpc) is 2.61. The minimum absolute atomic E-state index is 0.0436. The van der Waals surface area contributed by atoms with Crippen LogP contribution in [0.2, 0.25) is 0 Å². The highest BCUT2D eigenvalue weighted by atomic mass is 16.4. The SMILES string of the molecule is CCC(O)CCCCCCCC=CC(=O)C=CC=CC=CC=CC(=O)O. The molecule has 0 aromatic carbocycles. The van der Waals surface area contributed by atoms with Crippen molar-refractivity contribution in [2.45, 2.75) is 64.4 Å². The number of allylic oxidation sites excluding steroid dienone is 9. The summed E-state index contributed by atoms with van der Waals surface area (Å²) in [6.45, 7) is 2.00. The van der Waals surface area contributed by atoms with Crippen LogP contribution in [0.3, 0.4) is 0 Å². The molecular weight excluding hydrogens is 328 g/mol. The summed E-state index contributed by atoms with van der Waals surface area (Å²) in [6.07, 6.45) is 24.0. The van der Waals surface area contributed by atoms with E-state index in [2.05, 4.69) is 0 Å². The first-order valence-corrected chi connectivity index (χ1v) is 9.35. The van der Waals surface area contributed by atoms with Crippen molar-refractivity contribution in [1.29, 1.82) is 0 Å². The van der Waals surface area contributed by atoms with Gasteiger partial charge in [0.15, 0.2) is 5.78 Å². The van der Waals surface area contributed by atoms with Gasteiger partial charge in [-0.25, -0.2) is 4.79 Å². The van der Waals surface area contributed by atoms with Crippen LogP contribution in [0.15, 0.2) is 60.8 Å². The third-order valence-electron chi connectivity index (χ3n) is 3.72. The molecule has 0 aliphatic heterocycles. The van der Waals surface area contributed by atoms with Gasteiger partial charge >= 0.3 is 5.97 Å². The minimum Gasteiger partial charge on any atom is -0.478 e. The van der Waals surface area contributed by atoms with Crippen LogP contribution in [0.25, 0.3) is 0 Å². The van der Waals surface area contributed by atoms with Gasteiger partial charge in [0.1, 0.15) is 0 Å². The average molecular weight is 360 g/mol. The van der Waals surface area contributed by atoms with E-state index >= 15 is 0 Å². The van der Waals surface area contributed by atoms with E-state index in [1.807, 2.05) is 13.0 Å². The van der Waals surface area contributed by atoms with Gasteiger partial charge in [0.2, 0.25) is 0 Å². The minimum atomic E-state index is -0.984. The van der Waals surface area contributed by atoms with Crippen molar-refractivity contribution in [2.75, 3.05) is 0 Å². The molecule has 4 heteroatoms. The summed E-state index contributed by atoms with van der Waals surface area (Å²) in [7, 11) is 0. The molecule has 0 saturated heterocycles. The van der Waals surface area contributed by atoms with Crippen LogP contribution in [-0.2, 0) is 9.59 Å². The van der Waals surface area contributed by atoms with Crippen molar-refractivity contribution in [3.05, 3.63) is 60.8 Å². The summed E-state index contributed by atoms with van der Waals surface area (Å²) in [5.41, 5.74) is 0. The van der Waals surface area contributed by atoms with Gasteiger partial charge in [0.25, 0.3) is 0 Å². The van der Waals surface area contributed by atoms with Crippen molar-refractivity contribution in [3.8, 4) is 0 Å². The van der Waals surface area contributed by atoms with Crippen LogP contribution < -0.4 is 0 Å². The molecule has 0 saturated carbocycles.